The van der Waals surface area contributed by atoms with Crippen molar-refractivity contribution in [2.24, 2.45) is 0 Å². The number of nitrogens with one attached hydrogen (secondary N) is 1. The lowest BCUT2D eigenvalue weighted by Crippen LogP contribution is -2.49. The highest BCUT2D eigenvalue weighted by atomic mass is 79.9. The van der Waals surface area contributed by atoms with Gasteiger partial charge in [0.15, 0.2) is 0 Å². The first-order valence-corrected chi connectivity index (χ1v) is 7.59. The summed E-state index contributed by atoms with van der Waals surface area (Å²) in [6.07, 6.45) is 5.17. The number of halogens is 1. The second-order valence-electron chi connectivity index (χ2n) is 5.32. The Balaban J connectivity index is 1.84. The summed E-state index contributed by atoms with van der Waals surface area (Å²) in [4.78, 5) is 12.0. The highest BCUT2D eigenvalue weighted by Gasteiger charge is 2.34. The van der Waals surface area contributed by atoms with E-state index in [4.69, 9.17) is 0 Å². The molecule has 1 amide bonds. The molecule has 1 aliphatic rings. The van der Waals surface area contributed by atoms with Gasteiger partial charge in [0.25, 0.3) is 0 Å². The monoisotopic (exact) mass is 325 g/mol. The average molecular weight is 326 g/mol. The number of amides is 1. The largest absolute Gasteiger partial charge is 0.394 e. The molecule has 0 radical (unpaired) electrons. The van der Waals surface area contributed by atoms with E-state index in [-0.39, 0.29) is 18.1 Å². The van der Waals surface area contributed by atoms with Crippen LogP contribution >= 0.6 is 15.9 Å². The van der Waals surface area contributed by atoms with Gasteiger partial charge in [-0.25, -0.2) is 0 Å². The molecular formula is C15H20BrNO2. The van der Waals surface area contributed by atoms with E-state index in [1.807, 2.05) is 24.3 Å². The van der Waals surface area contributed by atoms with Gasteiger partial charge in [0.1, 0.15) is 0 Å². The van der Waals surface area contributed by atoms with Crippen LogP contribution in [0.15, 0.2) is 28.7 Å². The number of aliphatic hydroxyl groups excluding tert-OH is 1. The van der Waals surface area contributed by atoms with Crippen molar-refractivity contribution in [3.8, 4) is 0 Å². The summed E-state index contributed by atoms with van der Waals surface area (Å²) in [7, 11) is 0. The number of hydrogen-bond acceptors (Lipinski definition) is 2. The minimum atomic E-state index is -0.353. The molecule has 1 aromatic carbocycles. The maximum Gasteiger partial charge on any atom is 0.220 e. The van der Waals surface area contributed by atoms with Gasteiger partial charge >= 0.3 is 0 Å². The molecule has 1 saturated carbocycles. The van der Waals surface area contributed by atoms with E-state index in [9.17, 15) is 9.90 Å². The highest BCUT2D eigenvalue weighted by Crippen LogP contribution is 2.29. The van der Waals surface area contributed by atoms with Crippen molar-refractivity contribution in [1.82, 2.24) is 5.32 Å². The van der Waals surface area contributed by atoms with Crippen molar-refractivity contribution in [2.45, 2.75) is 44.1 Å². The Labute approximate surface area is 122 Å². The predicted molar refractivity (Wildman–Crippen MR) is 78.9 cm³/mol. The third kappa shape index (κ3) is 4.05. The lowest BCUT2D eigenvalue weighted by molar-refractivity contribution is -0.123. The Morgan fingerprint density at radius 3 is 2.74 bits per heavy atom. The summed E-state index contributed by atoms with van der Waals surface area (Å²) >= 11 is 3.43. The molecule has 2 rings (SSSR count). The van der Waals surface area contributed by atoms with Gasteiger partial charge in [0.2, 0.25) is 5.91 Å². The lowest BCUT2D eigenvalue weighted by Gasteiger charge is -2.28. The van der Waals surface area contributed by atoms with Crippen molar-refractivity contribution in [3.63, 3.8) is 0 Å². The van der Waals surface area contributed by atoms with Crippen LogP contribution in [0, 0.1) is 0 Å². The summed E-state index contributed by atoms with van der Waals surface area (Å²) in [6, 6.07) is 8.01. The molecule has 0 bridgehead atoms. The molecule has 0 saturated heterocycles. The number of hydrogen-bond donors (Lipinski definition) is 2. The van der Waals surface area contributed by atoms with Crippen molar-refractivity contribution >= 4 is 21.8 Å². The molecule has 104 valence electrons. The summed E-state index contributed by atoms with van der Waals surface area (Å²) < 4.78 is 1.04. The molecule has 0 heterocycles. The Bertz CT molecular complexity index is 442. The van der Waals surface area contributed by atoms with E-state index in [1.54, 1.807) is 0 Å². The Morgan fingerprint density at radius 2 is 2.11 bits per heavy atom. The number of aryl methyl sites for hydroxylation is 1. The molecule has 3 nitrogen and oxygen atoms in total. The molecule has 1 aliphatic carbocycles. The van der Waals surface area contributed by atoms with Crippen molar-refractivity contribution in [1.29, 1.82) is 0 Å². The van der Waals surface area contributed by atoms with Crippen LogP contribution in [-0.4, -0.2) is 23.2 Å². The van der Waals surface area contributed by atoms with Crippen LogP contribution in [0.3, 0.4) is 0 Å². The topological polar surface area (TPSA) is 49.3 Å². The average Bonchev–Trinajstić information content (AvgIpc) is 2.86. The van der Waals surface area contributed by atoms with Gasteiger partial charge in [0, 0.05) is 10.9 Å². The minimum absolute atomic E-state index is 0.0379. The number of aliphatic hydroxyl groups is 1. The van der Waals surface area contributed by atoms with Crippen LogP contribution < -0.4 is 5.32 Å². The van der Waals surface area contributed by atoms with Crippen LogP contribution in [0.5, 0.6) is 0 Å². The highest BCUT2D eigenvalue weighted by molar-refractivity contribution is 9.10. The van der Waals surface area contributed by atoms with E-state index in [1.165, 1.54) is 0 Å². The molecule has 0 atom stereocenters. The fourth-order valence-electron chi connectivity index (χ4n) is 2.68. The third-order valence-corrected chi connectivity index (χ3v) is 4.29. The van der Waals surface area contributed by atoms with Crippen molar-refractivity contribution in [2.75, 3.05) is 6.61 Å². The molecule has 2 N–H and O–H groups in total. The molecule has 1 aromatic rings. The fourth-order valence-corrected chi connectivity index (χ4v) is 3.13. The van der Waals surface area contributed by atoms with Crippen molar-refractivity contribution in [3.05, 3.63) is 34.3 Å². The van der Waals surface area contributed by atoms with Gasteiger partial charge in [-0.05, 0) is 37.0 Å². The molecule has 4 heteroatoms. The van der Waals surface area contributed by atoms with Gasteiger partial charge in [-0.3, -0.25) is 4.79 Å². The van der Waals surface area contributed by atoms with E-state index in [0.717, 1.165) is 42.1 Å². The van der Waals surface area contributed by atoms with E-state index in [2.05, 4.69) is 21.2 Å². The summed E-state index contributed by atoms with van der Waals surface area (Å²) in [5, 5.41) is 12.5. The smallest absolute Gasteiger partial charge is 0.220 e. The number of carbonyl (C=O) groups excluding carboxylic acids is 1. The maximum absolute atomic E-state index is 12.0. The van der Waals surface area contributed by atoms with Crippen LogP contribution in [0.1, 0.15) is 37.7 Å². The molecular weight excluding hydrogens is 306 g/mol. The number of carbonyl (C=O) groups is 1. The van der Waals surface area contributed by atoms with Crippen LogP contribution in [0.2, 0.25) is 0 Å². The first-order valence-electron chi connectivity index (χ1n) is 6.80. The minimum Gasteiger partial charge on any atom is -0.394 e. The molecule has 0 unspecified atom stereocenters. The molecule has 0 aromatic heterocycles. The second-order valence-corrected chi connectivity index (χ2v) is 6.24. The summed E-state index contributed by atoms with van der Waals surface area (Å²) in [5.74, 6) is 0.0379. The molecule has 19 heavy (non-hydrogen) atoms. The first-order chi connectivity index (χ1) is 9.13. The zero-order valence-electron chi connectivity index (χ0n) is 11.0. The fraction of sp³-hybridized carbons (Fsp3) is 0.533. The van der Waals surface area contributed by atoms with Crippen LogP contribution in [0.4, 0.5) is 0 Å². The van der Waals surface area contributed by atoms with E-state index < -0.39 is 0 Å². The zero-order chi connectivity index (χ0) is 13.7. The van der Waals surface area contributed by atoms with Crippen LogP contribution in [-0.2, 0) is 11.2 Å². The normalized spacial score (nSPS) is 17.4. The Morgan fingerprint density at radius 1 is 1.37 bits per heavy atom. The van der Waals surface area contributed by atoms with Gasteiger partial charge in [0.05, 0.1) is 12.1 Å². The van der Waals surface area contributed by atoms with Gasteiger partial charge in [-0.2, -0.15) is 0 Å². The number of rotatable bonds is 5. The Hall–Kier alpha value is -0.870. The SMILES string of the molecule is O=C(CCc1cccc(Br)c1)NC1(CO)CCCC1. The van der Waals surface area contributed by atoms with Gasteiger partial charge < -0.3 is 10.4 Å². The summed E-state index contributed by atoms with van der Waals surface area (Å²) in [6.45, 7) is 0.0512. The maximum atomic E-state index is 12.0. The van der Waals surface area contributed by atoms with Crippen LogP contribution in [0.25, 0.3) is 0 Å². The predicted octanol–water partition coefficient (Wildman–Crippen LogP) is 2.80. The van der Waals surface area contributed by atoms with Crippen molar-refractivity contribution < 1.29 is 9.90 Å². The molecule has 0 aliphatic heterocycles. The standard InChI is InChI=1S/C15H20BrNO2/c16-13-5-3-4-12(10-13)6-7-14(19)17-15(11-18)8-1-2-9-15/h3-5,10,18H,1-2,6-9,11H2,(H,17,19). The first kappa shape index (κ1) is 14.5. The number of benzene rings is 1. The van der Waals surface area contributed by atoms with E-state index in [0.29, 0.717) is 6.42 Å². The second kappa shape index (κ2) is 6.53. The van der Waals surface area contributed by atoms with Gasteiger partial charge in [-0.15, -0.1) is 0 Å². The quantitative estimate of drug-likeness (QED) is 0.874. The van der Waals surface area contributed by atoms with Gasteiger partial charge in [-0.1, -0.05) is 40.9 Å². The molecule has 0 spiro atoms. The van der Waals surface area contributed by atoms with E-state index >= 15 is 0 Å². The lowest BCUT2D eigenvalue weighted by atomic mass is 9.98. The summed E-state index contributed by atoms with van der Waals surface area (Å²) in [5.41, 5.74) is 0.794. The Kier molecular flexibility index (Phi) is 4.99. The third-order valence-electron chi connectivity index (χ3n) is 3.80. The molecule has 1 fully saturated rings. The zero-order valence-corrected chi connectivity index (χ0v) is 12.6.